The summed E-state index contributed by atoms with van der Waals surface area (Å²) in [7, 11) is 0. The second-order valence-electron chi connectivity index (χ2n) is 3.71. The number of benzene rings is 2. The maximum absolute atomic E-state index is 12.3. The van der Waals surface area contributed by atoms with Crippen molar-refractivity contribution in [3.8, 4) is 22.6 Å². The van der Waals surface area contributed by atoms with Crippen LogP contribution in [-0.4, -0.2) is 11.5 Å². The van der Waals surface area contributed by atoms with Gasteiger partial charge in [0.15, 0.2) is 0 Å². The zero-order valence-corrected chi connectivity index (χ0v) is 10.2. The molecule has 0 unspecified atom stereocenters. The van der Waals surface area contributed by atoms with Crippen molar-refractivity contribution in [3.63, 3.8) is 0 Å². The molecule has 100 valence electrons. The van der Waals surface area contributed by atoms with Gasteiger partial charge in [0.2, 0.25) is 0 Å². The van der Waals surface area contributed by atoms with Crippen molar-refractivity contribution in [1.29, 1.82) is 0 Å². The maximum Gasteiger partial charge on any atom is 0.573 e. The van der Waals surface area contributed by atoms with Gasteiger partial charge >= 0.3 is 6.36 Å². The third-order valence-electron chi connectivity index (χ3n) is 2.37. The predicted octanol–water partition coefficient (Wildman–Crippen LogP) is 4.61. The van der Waals surface area contributed by atoms with E-state index in [0.717, 1.165) is 0 Å². The first-order chi connectivity index (χ1) is 8.87. The molecule has 0 saturated carbocycles. The van der Waals surface area contributed by atoms with Gasteiger partial charge in [-0.25, -0.2) is 0 Å². The number of aromatic hydroxyl groups is 1. The Kier molecular flexibility index (Phi) is 3.57. The average molecular weight is 289 g/mol. The molecular formula is C13H8ClF3O2. The highest BCUT2D eigenvalue weighted by Gasteiger charge is 2.32. The van der Waals surface area contributed by atoms with Crippen LogP contribution in [0.15, 0.2) is 42.5 Å². The average Bonchev–Trinajstić information content (AvgIpc) is 2.31. The van der Waals surface area contributed by atoms with E-state index in [1.54, 1.807) is 6.07 Å². The van der Waals surface area contributed by atoms with E-state index in [1.165, 1.54) is 36.4 Å². The number of hydrogen-bond donors (Lipinski definition) is 1. The minimum absolute atomic E-state index is 0.123. The molecule has 2 aromatic rings. The van der Waals surface area contributed by atoms with Crippen LogP contribution in [0.4, 0.5) is 13.2 Å². The first-order valence-corrected chi connectivity index (χ1v) is 5.58. The van der Waals surface area contributed by atoms with Crippen LogP contribution in [-0.2, 0) is 0 Å². The Hall–Kier alpha value is -1.88. The van der Waals surface area contributed by atoms with Gasteiger partial charge in [-0.3, -0.25) is 0 Å². The Morgan fingerprint density at radius 2 is 1.74 bits per heavy atom. The third kappa shape index (κ3) is 3.32. The van der Waals surface area contributed by atoms with E-state index in [0.29, 0.717) is 5.56 Å². The van der Waals surface area contributed by atoms with E-state index in [2.05, 4.69) is 4.74 Å². The molecule has 0 amide bonds. The first-order valence-electron chi connectivity index (χ1n) is 5.20. The summed E-state index contributed by atoms with van der Waals surface area (Å²) >= 11 is 5.65. The van der Waals surface area contributed by atoms with Crippen LogP contribution >= 0.6 is 11.6 Å². The highest BCUT2D eigenvalue weighted by molar-refractivity contribution is 6.32. The number of phenolic OH excluding ortho intramolecular Hbond substituents is 1. The largest absolute Gasteiger partial charge is 0.573 e. The second kappa shape index (κ2) is 5.01. The Bertz CT molecular complexity index is 597. The molecule has 0 fully saturated rings. The fourth-order valence-corrected chi connectivity index (χ4v) is 1.72. The van der Waals surface area contributed by atoms with Crippen molar-refractivity contribution < 1.29 is 23.0 Å². The summed E-state index contributed by atoms with van der Waals surface area (Å²) in [6, 6.07) is 9.85. The molecule has 2 aromatic carbocycles. The van der Waals surface area contributed by atoms with Gasteiger partial charge in [-0.2, -0.15) is 0 Å². The molecule has 0 radical (unpaired) electrons. The number of alkyl halides is 3. The van der Waals surface area contributed by atoms with Crippen molar-refractivity contribution >= 4 is 11.6 Å². The molecule has 0 aliphatic rings. The molecule has 0 spiro atoms. The van der Waals surface area contributed by atoms with Crippen LogP contribution in [0.5, 0.6) is 11.5 Å². The Morgan fingerprint density at radius 3 is 2.37 bits per heavy atom. The van der Waals surface area contributed by atoms with Gasteiger partial charge in [0, 0.05) is 5.56 Å². The molecule has 0 aliphatic heterocycles. The number of halogens is 4. The summed E-state index contributed by atoms with van der Waals surface area (Å²) in [5, 5.41) is 9.61. The van der Waals surface area contributed by atoms with Gasteiger partial charge in [0.25, 0.3) is 0 Å². The standard InChI is InChI=1S/C13H8ClF3O2/c14-10-6-5-8(7-11(10)18)9-3-1-2-4-12(9)19-13(15,16)17/h1-7,18H. The van der Waals surface area contributed by atoms with Crippen LogP contribution in [0.2, 0.25) is 5.02 Å². The van der Waals surface area contributed by atoms with Gasteiger partial charge in [-0.05, 0) is 23.8 Å². The van der Waals surface area contributed by atoms with E-state index in [4.69, 9.17) is 11.6 Å². The Morgan fingerprint density at radius 1 is 1.05 bits per heavy atom. The number of ether oxygens (including phenoxy) is 1. The summed E-state index contributed by atoms with van der Waals surface area (Å²) in [5.74, 6) is -0.544. The summed E-state index contributed by atoms with van der Waals surface area (Å²) in [6.07, 6.45) is -4.77. The van der Waals surface area contributed by atoms with Crippen LogP contribution in [0, 0.1) is 0 Å². The van der Waals surface area contributed by atoms with Crippen molar-refractivity contribution in [2.45, 2.75) is 6.36 Å². The smallest absolute Gasteiger partial charge is 0.506 e. The highest BCUT2D eigenvalue weighted by Crippen LogP contribution is 2.36. The minimum atomic E-state index is -4.77. The normalized spacial score (nSPS) is 11.4. The highest BCUT2D eigenvalue weighted by atomic mass is 35.5. The van der Waals surface area contributed by atoms with Crippen molar-refractivity contribution in [2.75, 3.05) is 0 Å². The van der Waals surface area contributed by atoms with Gasteiger partial charge < -0.3 is 9.84 Å². The molecule has 0 heterocycles. The lowest BCUT2D eigenvalue weighted by molar-refractivity contribution is -0.274. The SMILES string of the molecule is Oc1cc(-c2ccccc2OC(F)(F)F)ccc1Cl. The summed E-state index contributed by atoms with van der Waals surface area (Å²) in [6.45, 7) is 0. The molecule has 1 N–H and O–H groups in total. The maximum atomic E-state index is 12.3. The number of hydrogen-bond acceptors (Lipinski definition) is 2. The fraction of sp³-hybridized carbons (Fsp3) is 0.0769. The van der Waals surface area contributed by atoms with Crippen LogP contribution < -0.4 is 4.74 Å². The zero-order valence-electron chi connectivity index (χ0n) is 9.41. The topological polar surface area (TPSA) is 29.5 Å². The number of phenols is 1. The molecule has 2 nitrogen and oxygen atoms in total. The number of para-hydroxylation sites is 1. The molecule has 0 saturated heterocycles. The van der Waals surface area contributed by atoms with Gasteiger partial charge in [-0.15, -0.1) is 13.2 Å². The Balaban J connectivity index is 2.47. The minimum Gasteiger partial charge on any atom is -0.506 e. The van der Waals surface area contributed by atoms with Crippen LogP contribution in [0.25, 0.3) is 11.1 Å². The van der Waals surface area contributed by atoms with Gasteiger partial charge in [0.1, 0.15) is 11.5 Å². The quantitative estimate of drug-likeness (QED) is 0.874. The predicted molar refractivity (Wildman–Crippen MR) is 65.2 cm³/mol. The van der Waals surface area contributed by atoms with E-state index in [-0.39, 0.29) is 22.1 Å². The molecule has 0 atom stereocenters. The van der Waals surface area contributed by atoms with Gasteiger partial charge in [-0.1, -0.05) is 35.9 Å². The first kappa shape index (κ1) is 13.5. The molecule has 2 rings (SSSR count). The third-order valence-corrected chi connectivity index (χ3v) is 2.69. The monoisotopic (exact) mass is 288 g/mol. The van der Waals surface area contributed by atoms with E-state index in [1.807, 2.05) is 0 Å². The zero-order chi connectivity index (χ0) is 14.0. The number of rotatable bonds is 2. The van der Waals surface area contributed by atoms with Crippen molar-refractivity contribution in [2.24, 2.45) is 0 Å². The lowest BCUT2D eigenvalue weighted by Gasteiger charge is -2.13. The summed E-state index contributed by atoms with van der Waals surface area (Å²) in [4.78, 5) is 0. The van der Waals surface area contributed by atoms with Crippen molar-refractivity contribution in [3.05, 3.63) is 47.5 Å². The molecular weight excluding hydrogens is 281 g/mol. The van der Waals surface area contributed by atoms with E-state index in [9.17, 15) is 18.3 Å². The van der Waals surface area contributed by atoms with Crippen molar-refractivity contribution in [1.82, 2.24) is 0 Å². The van der Waals surface area contributed by atoms with Gasteiger partial charge in [0.05, 0.1) is 5.02 Å². The van der Waals surface area contributed by atoms with E-state index < -0.39 is 6.36 Å². The fourth-order valence-electron chi connectivity index (χ4n) is 1.60. The lowest BCUT2D eigenvalue weighted by atomic mass is 10.0. The lowest BCUT2D eigenvalue weighted by Crippen LogP contribution is -2.17. The second-order valence-corrected chi connectivity index (χ2v) is 4.12. The van der Waals surface area contributed by atoms with Crippen LogP contribution in [0.1, 0.15) is 0 Å². The summed E-state index contributed by atoms with van der Waals surface area (Å²) in [5.41, 5.74) is 0.591. The summed E-state index contributed by atoms with van der Waals surface area (Å²) < 4.78 is 40.8. The molecule has 0 aliphatic carbocycles. The van der Waals surface area contributed by atoms with Crippen LogP contribution in [0.3, 0.4) is 0 Å². The molecule has 19 heavy (non-hydrogen) atoms. The molecule has 6 heteroatoms. The Labute approximate surface area is 112 Å². The van der Waals surface area contributed by atoms with E-state index >= 15 is 0 Å². The molecule has 0 bridgehead atoms. The molecule has 0 aromatic heterocycles.